The van der Waals surface area contributed by atoms with Crippen molar-refractivity contribution < 1.29 is 19.1 Å². The summed E-state index contributed by atoms with van der Waals surface area (Å²) in [5, 5.41) is 2.65. The van der Waals surface area contributed by atoms with Crippen LogP contribution in [0.2, 0.25) is 5.02 Å². The zero-order chi connectivity index (χ0) is 14.7. The fourth-order valence-corrected chi connectivity index (χ4v) is 2.15. The topological polar surface area (TPSA) is 75.7 Å². The molecule has 1 atom stereocenters. The molecule has 1 N–H and O–H groups in total. The molecular formula is C13H13ClN2O4. The Hall–Kier alpha value is -2.08. The third-order valence-electron chi connectivity index (χ3n) is 2.82. The molecule has 1 saturated heterocycles. The molecule has 0 bridgehead atoms. The Morgan fingerprint density at radius 1 is 1.45 bits per heavy atom. The number of carbonyl (C=O) groups excluding carboxylic acids is 3. The van der Waals surface area contributed by atoms with Crippen LogP contribution in [0.15, 0.2) is 24.3 Å². The predicted octanol–water partition coefficient (Wildman–Crippen LogP) is 0.734. The number of hydrogen-bond donors (Lipinski definition) is 1. The first-order valence-corrected chi connectivity index (χ1v) is 6.46. The average molecular weight is 297 g/mol. The Balaban J connectivity index is 2.27. The molecule has 2 amide bonds. The van der Waals surface area contributed by atoms with Gasteiger partial charge in [-0.1, -0.05) is 23.7 Å². The quantitative estimate of drug-likeness (QED) is 0.659. The van der Waals surface area contributed by atoms with Crippen LogP contribution >= 0.6 is 11.6 Å². The summed E-state index contributed by atoms with van der Waals surface area (Å²) in [5.74, 6) is -2.18. The maximum absolute atomic E-state index is 11.9. The number of anilines is 1. The smallest absolute Gasteiger partial charge is 0.330 e. The fourth-order valence-electron chi connectivity index (χ4n) is 1.91. The van der Waals surface area contributed by atoms with Gasteiger partial charge < -0.3 is 10.1 Å². The highest BCUT2D eigenvalue weighted by Gasteiger charge is 2.37. The van der Waals surface area contributed by atoms with Gasteiger partial charge in [-0.05, 0) is 19.1 Å². The second-order valence-electron chi connectivity index (χ2n) is 4.15. The van der Waals surface area contributed by atoms with Crippen molar-refractivity contribution >= 4 is 35.1 Å². The van der Waals surface area contributed by atoms with E-state index in [-0.39, 0.29) is 13.2 Å². The lowest BCUT2D eigenvalue weighted by Gasteiger charge is -2.31. The lowest BCUT2D eigenvalue weighted by atomic mass is 10.1. The summed E-state index contributed by atoms with van der Waals surface area (Å²) >= 11 is 6.02. The second kappa shape index (κ2) is 5.92. The number of halogens is 1. The van der Waals surface area contributed by atoms with E-state index < -0.39 is 23.8 Å². The molecule has 0 unspecified atom stereocenters. The Kier molecular flexibility index (Phi) is 4.24. The van der Waals surface area contributed by atoms with Gasteiger partial charge in [0.2, 0.25) is 0 Å². The summed E-state index contributed by atoms with van der Waals surface area (Å²) in [7, 11) is 0. The normalized spacial score (nSPS) is 18.7. The monoisotopic (exact) mass is 296 g/mol. The predicted molar refractivity (Wildman–Crippen MR) is 72.4 cm³/mol. The Morgan fingerprint density at radius 3 is 2.80 bits per heavy atom. The third kappa shape index (κ3) is 2.75. The second-order valence-corrected chi connectivity index (χ2v) is 4.55. The molecule has 0 aromatic heterocycles. The Labute approximate surface area is 120 Å². The molecule has 1 fully saturated rings. The zero-order valence-corrected chi connectivity index (χ0v) is 11.5. The summed E-state index contributed by atoms with van der Waals surface area (Å²) < 4.78 is 4.85. The van der Waals surface area contributed by atoms with Crippen molar-refractivity contribution in [3.63, 3.8) is 0 Å². The van der Waals surface area contributed by atoms with E-state index in [0.717, 1.165) is 0 Å². The van der Waals surface area contributed by atoms with Crippen LogP contribution in [0.25, 0.3) is 0 Å². The number of nitrogens with zero attached hydrogens (tertiary/aromatic N) is 1. The van der Waals surface area contributed by atoms with E-state index in [1.807, 2.05) is 0 Å². The first-order chi connectivity index (χ1) is 9.54. The van der Waals surface area contributed by atoms with Gasteiger partial charge in [-0.25, -0.2) is 4.79 Å². The van der Waals surface area contributed by atoms with Crippen LogP contribution in [0.1, 0.15) is 6.92 Å². The molecule has 1 aromatic rings. The van der Waals surface area contributed by atoms with Gasteiger partial charge in [-0.2, -0.15) is 0 Å². The molecule has 1 aromatic carbocycles. The highest BCUT2D eigenvalue weighted by atomic mass is 35.5. The molecule has 1 aliphatic rings. The SMILES string of the molecule is CCOC(=O)[C@H]1CN(c2ccccc2Cl)C(=O)C(=O)N1. The van der Waals surface area contributed by atoms with E-state index in [9.17, 15) is 14.4 Å². The summed E-state index contributed by atoms with van der Waals surface area (Å²) in [4.78, 5) is 36.4. The van der Waals surface area contributed by atoms with Crippen LogP contribution in [0.4, 0.5) is 5.69 Å². The number of carbonyl (C=O) groups is 3. The molecule has 0 spiro atoms. The third-order valence-corrected chi connectivity index (χ3v) is 3.14. The summed E-state index contributed by atoms with van der Waals surface area (Å²) in [5.41, 5.74) is 0.392. The molecule has 106 valence electrons. The Morgan fingerprint density at radius 2 is 2.15 bits per heavy atom. The number of ether oxygens (including phenoxy) is 1. The maximum atomic E-state index is 11.9. The van der Waals surface area contributed by atoms with Gasteiger partial charge in [-0.3, -0.25) is 14.5 Å². The molecule has 0 saturated carbocycles. The number of amides is 2. The van der Waals surface area contributed by atoms with Gasteiger partial charge in [0.15, 0.2) is 0 Å². The highest BCUT2D eigenvalue weighted by Crippen LogP contribution is 2.26. The van der Waals surface area contributed by atoms with E-state index >= 15 is 0 Å². The van der Waals surface area contributed by atoms with Crippen molar-refractivity contribution in [1.29, 1.82) is 0 Å². The van der Waals surface area contributed by atoms with Gasteiger partial charge in [-0.15, -0.1) is 0 Å². The summed E-state index contributed by atoms with van der Waals surface area (Å²) in [6, 6.07) is 5.73. The largest absolute Gasteiger partial charge is 0.464 e. The maximum Gasteiger partial charge on any atom is 0.330 e. The van der Waals surface area contributed by atoms with E-state index in [1.54, 1.807) is 31.2 Å². The van der Waals surface area contributed by atoms with Crippen molar-refractivity contribution in [2.24, 2.45) is 0 Å². The van der Waals surface area contributed by atoms with Gasteiger partial charge in [0.05, 0.1) is 23.9 Å². The first kappa shape index (κ1) is 14.3. The van der Waals surface area contributed by atoms with Crippen molar-refractivity contribution in [3.05, 3.63) is 29.3 Å². The zero-order valence-electron chi connectivity index (χ0n) is 10.8. The van der Waals surface area contributed by atoms with Gasteiger partial charge in [0.25, 0.3) is 0 Å². The van der Waals surface area contributed by atoms with E-state index in [2.05, 4.69) is 5.32 Å². The molecule has 1 heterocycles. The molecule has 7 heteroatoms. The molecule has 0 aliphatic carbocycles. The van der Waals surface area contributed by atoms with Gasteiger partial charge in [0, 0.05) is 0 Å². The van der Waals surface area contributed by atoms with Crippen LogP contribution in [0, 0.1) is 0 Å². The lowest BCUT2D eigenvalue weighted by molar-refractivity contribution is -0.149. The van der Waals surface area contributed by atoms with Crippen molar-refractivity contribution in [3.8, 4) is 0 Å². The molecule has 6 nitrogen and oxygen atoms in total. The number of benzene rings is 1. The number of nitrogens with one attached hydrogen (secondary N) is 1. The van der Waals surface area contributed by atoms with Gasteiger partial charge >= 0.3 is 17.8 Å². The minimum absolute atomic E-state index is 0.00681. The highest BCUT2D eigenvalue weighted by molar-refractivity contribution is 6.43. The average Bonchev–Trinajstić information content (AvgIpc) is 2.43. The first-order valence-electron chi connectivity index (χ1n) is 6.08. The lowest BCUT2D eigenvalue weighted by Crippen LogP contribution is -2.60. The molecule has 2 rings (SSSR count). The molecular weight excluding hydrogens is 284 g/mol. The van der Waals surface area contributed by atoms with E-state index in [0.29, 0.717) is 10.7 Å². The van der Waals surface area contributed by atoms with Crippen LogP contribution in [-0.4, -0.2) is 37.0 Å². The Bertz CT molecular complexity index is 561. The minimum Gasteiger partial charge on any atom is -0.464 e. The summed E-state index contributed by atoms with van der Waals surface area (Å²) in [6.07, 6.45) is 0. The molecule has 20 heavy (non-hydrogen) atoms. The standard InChI is InChI=1S/C13H13ClN2O4/c1-2-20-13(19)9-7-16(12(18)11(17)15-9)10-6-4-3-5-8(10)14/h3-6,9H,2,7H2,1H3,(H,15,17)/t9-/m1/s1. The summed E-state index contributed by atoms with van der Waals surface area (Å²) in [6.45, 7) is 1.86. The molecule has 0 radical (unpaired) electrons. The van der Waals surface area contributed by atoms with E-state index in [4.69, 9.17) is 16.3 Å². The van der Waals surface area contributed by atoms with Crippen molar-refractivity contribution in [2.75, 3.05) is 18.1 Å². The fraction of sp³-hybridized carbons (Fsp3) is 0.308. The van der Waals surface area contributed by atoms with Crippen molar-refractivity contribution in [2.45, 2.75) is 13.0 Å². The molecule has 1 aliphatic heterocycles. The van der Waals surface area contributed by atoms with E-state index in [1.165, 1.54) is 4.90 Å². The van der Waals surface area contributed by atoms with Crippen LogP contribution in [0.5, 0.6) is 0 Å². The number of esters is 1. The van der Waals surface area contributed by atoms with Crippen LogP contribution in [0.3, 0.4) is 0 Å². The van der Waals surface area contributed by atoms with Crippen molar-refractivity contribution in [1.82, 2.24) is 5.32 Å². The number of rotatable bonds is 3. The van der Waals surface area contributed by atoms with Crippen LogP contribution < -0.4 is 10.2 Å². The number of piperazine rings is 1. The minimum atomic E-state index is -0.892. The van der Waals surface area contributed by atoms with Gasteiger partial charge in [0.1, 0.15) is 6.04 Å². The van der Waals surface area contributed by atoms with Crippen LogP contribution in [-0.2, 0) is 19.1 Å². The number of para-hydroxylation sites is 1. The number of hydrogen-bond acceptors (Lipinski definition) is 4.